The van der Waals surface area contributed by atoms with Crippen LogP contribution in [0.1, 0.15) is 64.0 Å². The third-order valence-electron chi connectivity index (χ3n) is 5.92. The third kappa shape index (κ3) is 3.84. The van der Waals surface area contributed by atoms with Gasteiger partial charge in [0.1, 0.15) is 12.1 Å². The molecule has 0 aromatic heterocycles. The molecule has 2 aliphatic rings. The summed E-state index contributed by atoms with van der Waals surface area (Å²) >= 11 is 0. The molecule has 3 atom stereocenters. The number of imide groups is 1. The highest BCUT2D eigenvalue weighted by Gasteiger charge is 2.55. The Labute approximate surface area is 160 Å². The number of carbonyl (C=O) groups is 3. The number of nitrogens with one attached hydrogen (secondary N) is 2. The Hall–Kier alpha value is -2.37. The van der Waals surface area contributed by atoms with Crippen LogP contribution >= 0.6 is 0 Å². The lowest BCUT2D eigenvalue weighted by Crippen LogP contribution is -2.54. The molecule has 1 aliphatic heterocycles. The molecule has 2 N–H and O–H groups in total. The van der Waals surface area contributed by atoms with Crippen LogP contribution in [0.15, 0.2) is 30.3 Å². The van der Waals surface area contributed by atoms with Crippen molar-refractivity contribution in [2.75, 3.05) is 6.54 Å². The van der Waals surface area contributed by atoms with E-state index in [0.717, 1.165) is 42.6 Å². The quantitative estimate of drug-likeness (QED) is 0.754. The van der Waals surface area contributed by atoms with E-state index < -0.39 is 11.6 Å². The minimum atomic E-state index is -0.822. The summed E-state index contributed by atoms with van der Waals surface area (Å²) in [5.74, 6) is -0.462. The van der Waals surface area contributed by atoms with Crippen LogP contribution in [-0.2, 0) is 9.59 Å². The fraction of sp³-hybridized carbons (Fsp3) is 0.571. The molecule has 1 aromatic rings. The highest BCUT2D eigenvalue weighted by Crippen LogP contribution is 2.38. The van der Waals surface area contributed by atoms with Crippen LogP contribution in [0.2, 0.25) is 0 Å². The average Bonchev–Trinajstić information content (AvgIpc) is 2.89. The molecule has 4 amide bonds. The van der Waals surface area contributed by atoms with Gasteiger partial charge in [-0.05, 0) is 30.7 Å². The molecule has 1 aromatic carbocycles. The number of nitrogens with zero attached hydrogens (tertiary/aromatic N) is 1. The molecule has 6 nitrogen and oxygen atoms in total. The van der Waals surface area contributed by atoms with Crippen molar-refractivity contribution < 1.29 is 14.4 Å². The van der Waals surface area contributed by atoms with Gasteiger partial charge in [0.15, 0.2) is 0 Å². The number of hydrogen-bond donors (Lipinski definition) is 2. The smallest absolute Gasteiger partial charge is 0.325 e. The van der Waals surface area contributed by atoms with Crippen LogP contribution in [0, 0.1) is 5.92 Å². The maximum Gasteiger partial charge on any atom is 0.325 e. The van der Waals surface area contributed by atoms with E-state index in [4.69, 9.17) is 0 Å². The van der Waals surface area contributed by atoms with Gasteiger partial charge in [-0.1, -0.05) is 63.4 Å². The zero-order valence-corrected chi connectivity index (χ0v) is 16.2. The number of rotatable bonds is 6. The second-order valence-electron chi connectivity index (χ2n) is 7.76. The molecule has 0 radical (unpaired) electrons. The molecular formula is C21H29N3O3. The number of amides is 4. The van der Waals surface area contributed by atoms with Gasteiger partial charge in [-0.15, -0.1) is 0 Å². The lowest BCUT2D eigenvalue weighted by atomic mass is 9.73. The molecule has 1 heterocycles. The fourth-order valence-corrected chi connectivity index (χ4v) is 4.32. The molecule has 1 spiro atoms. The summed E-state index contributed by atoms with van der Waals surface area (Å²) in [6.45, 7) is 3.84. The Morgan fingerprint density at radius 2 is 2.04 bits per heavy atom. The largest absolute Gasteiger partial charge is 0.348 e. The van der Waals surface area contributed by atoms with Gasteiger partial charge < -0.3 is 10.6 Å². The monoisotopic (exact) mass is 371 g/mol. The molecule has 0 unspecified atom stereocenters. The number of hydrogen-bond acceptors (Lipinski definition) is 3. The first-order valence-corrected chi connectivity index (χ1v) is 9.96. The normalized spacial score (nSPS) is 26.1. The zero-order chi connectivity index (χ0) is 19.4. The SMILES string of the molecule is CCC[C@@H](NC(=O)CN1C(=O)N[C@]2(CCCC[C@@H]2C)C1=O)c1ccccc1. The van der Waals surface area contributed by atoms with Gasteiger partial charge >= 0.3 is 6.03 Å². The van der Waals surface area contributed by atoms with E-state index in [0.29, 0.717) is 6.42 Å². The van der Waals surface area contributed by atoms with Crippen molar-refractivity contribution >= 4 is 17.8 Å². The predicted octanol–water partition coefficient (Wildman–Crippen LogP) is 3.14. The summed E-state index contributed by atoms with van der Waals surface area (Å²) in [6.07, 6.45) is 5.28. The molecule has 1 aliphatic carbocycles. The van der Waals surface area contributed by atoms with Crippen molar-refractivity contribution in [1.29, 1.82) is 0 Å². The van der Waals surface area contributed by atoms with E-state index in [1.807, 2.05) is 37.3 Å². The molecule has 6 heteroatoms. The van der Waals surface area contributed by atoms with Crippen molar-refractivity contribution in [2.45, 2.75) is 64.0 Å². The molecule has 3 rings (SSSR count). The summed E-state index contributed by atoms with van der Waals surface area (Å²) in [5.41, 5.74) is 0.208. The van der Waals surface area contributed by atoms with Crippen LogP contribution in [0.25, 0.3) is 0 Å². The minimum absolute atomic E-state index is 0.0907. The lowest BCUT2D eigenvalue weighted by molar-refractivity contribution is -0.137. The van der Waals surface area contributed by atoms with Crippen LogP contribution < -0.4 is 10.6 Å². The second-order valence-corrected chi connectivity index (χ2v) is 7.76. The molecule has 0 bridgehead atoms. The van der Waals surface area contributed by atoms with Crippen LogP contribution in [0.4, 0.5) is 4.79 Å². The average molecular weight is 371 g/mol. The Balaban J connectivity index is 1.68. The molecular weight excluding hydrogens is 342 g/mol. The summed E-state index contributed by atoms with van der Waals surface area (Å²) in [7, 11) is 0. The number of benzene rings is 1. The number of urea groups is 1. The number of carbonyl (C=O) groups excluding carboxylic acids is 3. The van der Waals surface area contributed by atoms with E-state index in [-0.39, 0.29) is 30.3 Å². The lowest BCUT2D eigenvalue weighted by Gasteiger charge is -2.36. The van der Waals surface area contributed by atoms with E-state index in [2.05, 4.69) is 17.6 Å². The Morgan fingerprint density at radius 1 is 1.30 bits per heavy atom. The third-order valence-corrected chi connectivity index (χ3v) is 5.92. The standard InChI is InChI=1S/C21H29N3O3/c1-3-9-17(16-11-5-4-6-12-16)22-18(25)14-24-19(26)21(23-20(24)27)13-8-7-10-15(21)2/h4-6,11-12,15,17H,3,7-10,13-14H2,1-2H3,(H,22,25)(H,23,27)/t15-,17+,21-/m0/s1. The molecule has 146 valence electrons. The van der Waals surface area contributed by atoms with E-state index >= 15 is 0 Å². The molecule has 2 fully saturated rings. The Kier molecular flexibility index (Phi) is 5.82. The highest BCUT2D eigenvalue weighted by atomic mass is 16.2. The second kappa shape index (κ2) is 8.11. The van der Waals surface area contributed by atoms with Crippen molar-refractivity contribution in [3.05, 3.63) is 35.9 Å². The maximum atomic E-state index is 13.0. The van der Waals surface area contributed by atoms with E-state index in [1.165, 1.54) is 0 Å². The van der Waals surface area contributed by atoms with Crippen LogP contribution in [0.3, 0.4) is 0 Å². The summed E-state index contributed by atoms with van der Waals surface area (Å²) in [4.78, 5) is 39.1. The first-order chi connectivity index (χ1) is 13.0. The van der Waals surface area contributed by atoms with Gasteiger partial charge in [0, 0.05) is 0 Å². The van der Waals surface area contributed by atoms with Crippen molar-refractivity contribution in [3.8, 4) is 0 Å². The summed E-state index contributed by atoms with van der Waals surface area (Å²) in [5, 5.41) is 5.88. The van der Waals surface area contributed by atoms with Crippen molar-refractivity contribution in [3.63, 3.8) is 0 Å². The zero-order valence-electron chi connectivity index (χ0n) is 16.2. The van der Waals surface area contributed by atoms with E-state index in [1.54, 1.807) is 0 Å². The van der Waals surface area contributed by atoms with Crippen molar-refractivity contribution in [1.82, 2.24) is 15.5 Å². The summed E-state index contributed by atoms with van der Waals surface area (Å²) in [6, 6.07) is 9.21. The van der Waals surface area contributed by atoms with E-state index in [9.17, 15) is 14.4 Å². The highest BCUT2D eigenvalue weighted by molar-refractivity contribution is 6.09. The topological polar surface area (TPSA) is 78.5 Å². The van der Waals surface area contributed by atoms with Gasteiger partial charge in [0.05, 0.1) is 6.04 Å². The molecule has 1 saturated heterocycles. The van der Waals surface area contributed by atoms with Gasteiger partial charge in [0.25, 0.3) is 5.91 Å². The van der Waals surface area contributed by atoms with Gasteiger partial charge in [0.2, 0.25) is 5.91 Å². The first kappa shape index (κ1) is 19.4. The van der Waals surface area contributed by atoms with Crippen molar-refractivity contribution in [2.24, 2.45) is 5.92 Å². The fourth-order valence-electron chi connectivity index (χ4n) is 4.32. The van der Waals surface area contributed by atoms with Crippen LogP contribution in [0.5, 0.6) is 0 Å². The van der Waals surface area contributed by atoms with Gasteiger partial charge in [-0.2, -0.15) is 0 Å². The maximum absolute atomic E-state index is 13.0. The molecule has 1 saturated carbocycles. The minimum Gasteiger partial charge on any atom is -0.348 e. The van der Waals surface area contributed by atoms with Crippen LogP contribution in [-0.4, -0.2) is 34.8 Å². The van der Waals surface area contributed by atoms with Gasteiger partial charge in [-0.3, -0.25) is 14.5 Å². The Bertz CT molecular complexity index is 706. The van der Waals surface area contributed by atoms with Gasteiger partial charge in [-0.25, -0.2) is 4.79 Å². The predicted molar refractivity (Wildman–Crippen MR) is 103 cm³/mol. The first-order valence-electron chi connectivity index (χ1n) is 9.96. The summed E-state index contributed by atoms with van der Waals surface area (Å²) < 4.78 is 0. The Morgan fingerprint density at radius 3 is 2.70 bits per heavy atom. The molecule has 27 heavy (non-hydrogen) atoms.